The summed E-state index contributed by atoms with van der Waals surface area (Å²) in [5.74, 6) is 0.204. The van der Waals surface area contributed by atoms with Crippen molar-refractivity contribution in [1.82, 2.24) is 24.5 Å². The number of likely N-dealkylation sites (tertiary alicyclic amines) is 1. The number of amides is 1. The second-order valence-corrected chi connectivity index (χ2v) is 9.48. The first-order chi connectivity index (χ1) is 13.0. The number of carbonyl (C=O) groups is 1. The Morgan fingerprint density at radius 2 is 2.11 bits per heavy atom. The van der Waals surface area contributed by atoms with Crippen LogP contribution in [0.25, 0.3) is 5.78 Å². The molecule has 3 unspecified atom stereocenters. The Kier molecular flexibility index (Phi) is 4.33. The minimum absolute atomic E-state index is 0.0606. The Morgan fingerprint density at radius 1 is 1.39 bits per heavy atom. The zero-order valence-corrected chi connectivity index (χ0v) is 17.8. The molecule has 1 saturated heterocycles. The number of aromatic nitrogens is 4. The zero-order chi connectivity index (χ0) is 20.4. The quantitative estimate of drug-likeness (QED) is 0.658. The Morgan fingerprint density at radius 3 is 2.75 bits per heavy atom. The van der Waals surface area contributed by atoms with Gasteiger partial charge in [0.2, 0.25) is 0 Å². The largest absolute Gasteiger partial charge is 0.444 e. The number of hydrogen-bond donors (Lipinski definition) is 1. The molecular weight excluding hydrogens is 433 g/mol. The third-order valence-corrected chi connectivity index (χ3v) is 5.95. The average Bonchev–Trinajstić information content (AvgIpc) is 3.08. The maximum atomic E-state index is 15.6. The molecule has 10 heteroatoms. The number of rotatable bonds is 0. The van der Waals surface area contributed by atoms with Crippen LogP contribution in [0, 0.1) is 0 Å². The van der Waals surface area contributed by atoms with Gasteiger partial charge in [0.25, 0.3) is 11.3 Å². The molecular formula is C18H23BrFN5O3. The van der Waals surface area contributed by atoms with Gasteiger partial charge in [0, 0.05) is 12.0 Å². The molecule has 3 heterocycles. The zero-order valence-electron chi connectivity index (χ0n) is 16.3. The minimum atomic E-state index is -1.38. The van der Waals surface area contributed by atoms with Gasteiger partial charge in [-0.15, -0.1) is 0 Å². The van der Waals surface area contributed by atoms with Gasteiger partial charge in [0.05, 0.1) is 17.8 Å². The van der Waals surface area contributed by atoms with Crippen LogP contribution in [0.1, 0.15) is 57.7 Å². The van der Waals surface area contributed by atoms with Gasteiger partial charge in [-0.05, 0) is 55.5 Å². The van der Waals surface area contributed by atoms with E-state index in [0.717, 1.165) is 0 Å². The Hall–Kier alpha value is -1.97. The van der Waals surface area contributed by atoms with Crippen molar-refractivity contribution < 1.29 is 13.9 Å². The lowest BCUT2D eigenvalue weighted by Crippen LogP contribution is -2.54. The normalized spacial score (nSPS) is 27.4. The minimum Gasteiger partial charge on any atom is -0.444 e. The predicted molar refractivity (Wildman–Crippen MR) is 103 cm³/mol. The fourth-order valence-corrected chi connectivity index (χ4v) is 4.77. The van der Waals surface area contributed by atoms with Gasteiger partial charge < -0.3 is 9.64 Å². The molecule has 3 atom stereocenters. The van der Waals surface area contributed by atoms with Crippen molar-refractivity contribution in [3.05, 3.63) is 26.3 Å². The lowest BCUT2D eigenvalue weighted by molar-refractivity contribution is -0.00114. The topological polar surface area (TPSA) is 92.6 Å². The molecule has 1 amide bonds. The number of aromatic amines is 1. The van der Waals surface area contributed by atoms with Crippen molar-refractivity contribution in [1.29, 1.82) is 0 Å². The highest BCUT2D eigenvalue weighted by molar-refractivity contribution is 9.10. The second-order valence-electron chi connectivity index (χ2n) is 8.73. The van der Waals surface area contributed by atoms with E-state index in [9.17, 15) is 9.59 Å². The first-order valence-electron chi connectivity index (χ1n) is 9.32. The molecule has 1 aliphatic heterocycles. The van der Waals surface area contributed by atoms with Crippen LogP contribution in [0.5, 0.6) is 0 Å². The molecule has 1 spiro atoms. The number of nitrogens with one attached hydrogen (secondary N) is 1. The number of piperidine rings is 1. The van der Waals surface area contributed by atoms with Gasteiger partial charge in [-0.1, -0.05) is 6.92 Å². The molecule has 2 aromatic rings. The van der Waals surface area contributed by atoms with Gasteiger partial charge in [-0.2, -0.15) is 9.50 Å². The first-order valence-corrected chi connectivity index (χ1v) is 10.1. The molecule has 2 aliphatic rings. The van der Waals surface area contributed by atoms with Crippen molar-refractivity contribution in [2.75, 3.05) is 13.1 Å². The number of fused-ring (bicyclic) bond motifs is 3. The van der Waals surface area contributed by atoms with E-state index >= 15 is 4.39 Å². The monoisotopic (exact) mass is 455 g/mol. The number of carbonyl (C=O) groups excluding carboxylic acids is 1. The van der Waals surface area contributed by atoms with E-state index in [2.05, 4.69) is 31.0 Å². The third-order valence-electron chi connectivity index (χ3n) is 5.59. The Balaban J connectivity index is 1.71. The van der Waals surface area contributed by atoms with Crippen LogP contribution in [-0.2, 0) is 10.2 Å². The summed E-state index contributed by atoms with van der Waals surface area (Å²) < 4.78 is 22.6. The number of ether oxygens (including phenoxy) is 1. The Labute approximate surface area is 169 Å². The smallest absolute Gasteiger partial charge is 0.410 e. The summed E-state index contributed by atoms with van der Waals surface area (Å²) in [5.41, 5.74) is -0.899. The summed E-state index contributed by atoms with van der Waals surface area (Å²) in [5, 5.41) is 2.80. The number of H-pyrrole nitrogens is 1. The SMILES string of the molecule is CC1CC2(CCN(C(=O)OC(C)(C)C)CC2F)c2c1nc1nc(Br)[nH]n1c2=O. The van der Waals surface area contributed by atoms with E-state index in [1.807, 2.05) is 6.92 Å². The Bertz CT molecular complexity index is 1010. The van der Waals surface area contributed by atoms with Crippen LogP contribution < -0.4 is 5.56 Å². The van der Waals surface area contributed by atoms with Crippen molar-refractivity contribution in [3.8, 4) is 0 Å². The number of hydrogen-bond acceptors (Lipinski definition) is 5. The van der Waals surface area contributed by atoms with Crippen LogP contribution in [0.4, 0.5) is 9.18 Å². The fraction of sp³-hybridized carbons (Fsp3) is 0.667. The summed E-state index contributed by atoms with van der Waals surface area (Å²) in [6.45, 7) is 7.51. The van der Waals surface area contributed by atoms with Gasteiger partial charge in [0.15, 0.2) is 4.73 Å². The lowest BCUT2D eigenvalue weighted by atomic mass is 9.72. The number of alkyl halides is 1. The molecule has 8 nitrogen and oxygen atoms in total. The highest BCUT2D eigenvalue weighted by atomic mass is 79.9. The summed E-state index contributed by atoms with van der Waals surface area (Å²) in [4.78, 5) is 35.6. The maximum Gasteiger partial charge on any atom is 0.410 e. The van der Waals surface area contributed by atoms with E-state index in [1.54, 1.807) is 20.8 Å². The van der Waals surface area contributed by atoms with E-state index in [4.69, 9.17) is 4.74 Å². The molecule has 2 aromatic heterocycles. The first kappa shape index (κ1) is 19.4. The average molecular weight is 456 g/mol. The lowest BCUT2D eigenvalue weighted by Gasteiger charge is -2.42. The summed E-state index contributed by atoms with van der Waals surface area (Å²) in [6, 6.07) is 0. The standard InChI is InChI=1S/C18H23BrFN5O3/c1-9-7-18(5-6-24(8-10(18)20)16(27)28-17(2,3)4)11-12(9)21-15-22-14(19)23-25(15)13(11)26/h9-10H,5-8H2,1-4H3,(H,21,22,23). The predicted octanol–water partition coefficient (Wildman–Crippen LogP) is 2.90. The number of halogens is 2. The van der Waals surface area contributed by atoms with Crippen molar-refractivity contribution >= 4 is 27.8 Å². The van der Waals surface area contributed by atoms with Gasteiger partial charge in [0.1, 0.15) is 11.8 Å². The second kappa shape index (κ2) is 6.27. The van der Waals surface area contributed by atoms with Crippen molar-refractivity contribution in [2.45, 2.75) is 63.6 Å². The van der Waals surface area contributed by atoms with Crippen molar-refractivity contribution in [2.24, 2.45) is 0 Å². The summed E-state index contributed by atoms with van der Waals surface area (Å²) in [6.07, 6.45) is -1.07. The fourth-order valence-electron chi connectivity index (χ4n) is 4.43. The van der Waals surface area contributed by atoms with Crippen LogP contribution in [0.2, 0.25) is 0 Å². The molecule has 1 aliphatic carbocycles. The highest BCUT2D eigenvalue weighted by Crippen LogP contribution is 2.50. The summed E-state index contributed by atoms with van der Waals surface area (Å²) >= 11 is 3.21. The van der Waals surface area contributed by atoms with Crippen LogP contribution in [-0.4, -0.2) is 55.4 Å². The molecule has 0 bridgehead atoms. The molecule has 0 saturated carbocycles. The van der Waals surface area contributed by atoms with E-state index in [0.29, 0.717) is 35.4 Å². The molecule has 0 aromatic carbocycles. The molecule has 0 radical (unpaired) electrons. The van der Waals surface area contributed by atoms with E-state index < -0.39 is 23.3 Å². The van der Waals surface area contributed by atoms with Gasteiger partial charge in [-0.25, -0.2) is 14.2 Å². The third kappa shape index (κ3) is 2.92. The van der Waals surface area contributed by atoms with Crippen LogP contribution in [0.15, 0.2) is 9.53 Å². The van der Waals surface area contributed by atoms with Crippen molar-refractivity contribution in [3.63, 3.8) is 0 Å². The molecule has 4 rings (SSSR count). The molecule has 1 N–H and O–H groups in total. The van der Waals surface area contributed by atoms with E-state index in [1.165, 1.54) is 9.42 Å². The van der Waals surface area contributed by atoms with Crippen LogP contribution >= 0.6 is 15.9 Å². The molecule has 28 heavy (non-hydrogen) atoms. The van der Waals surface area contributed by atoms with Gasteiger partial charge in [-0.3, -0.25) is 9.89 Å². The van der Waals surface area contributed by atoms with E-state index in [-0.39, 0.29) is 23.8 Å². The number of nitrogens with zero attached hydrogens (tertiary/aromatic N) is 4. The highest BCUT2D eigenvalue weighted by Gasteiger charge is 2.54. The molecule has 1 fully saturated rings. The van der Waals surface area contributed by atoms with Crippen LogP contribution in [0.3, 0.4) is 0 Å². The maximum absolute atomic E-state index is 15.6. The summed E-state index contributed by atoms with van der Waals surface area (Å²) in [7, 11) is 0. The molecule has 152 valence electrons. The van der Waals surface area contributed by atoms with Gasteiger partial charge >= 0.3 is 6.09 Å².